The van der Waals surface area contributed by atoms with Gasteiger partial charge in [-0.25, -0.2) is 24.2 Å². The number of aromatic nitrogens is 3. The van der Waals surface area contributed by atoms with Crippen LogP contribution in [0.1, 0.15) is 124 Å². The molecule has 8 N–H and O–H groups in total. The van der Waals surface area contributed by atoms with Gasteiger partial charge in [-0.1, -0.05) is 18.2 Å². The number of nitrogens with one attached hydrogen (secondary N) is 3. The summed E-state index contributed by atoms with van der Waals surface area (Å²) in [6.45, 7) is 24.7. The van der Waals surface area contributed by atoms with Crippen LogP contribution in [0.4, 0.5) is 54.2 Å². The number of carbonyl (C=O) groups excluding carboxylic acids is 5. The topological polar surface area (TPSA) is 330 Å². The van der Waals surface area contributed by atoms with Crippen molar-refractivity contribution in [2.75, 3.05) is 102 Å². The lowest BCUT2D eigenvalue weighted by molar-refractivity contribution is 0.0239. The number of carboxylic acids is 1. The summed E-state index contributed by atoms with van der Waals surface area (Å²) in [6.07, 6.45) is 17.4. The first-order valence-corrected chi connectivity index (χ1v) is 34.2. The van der Waals surface area contributed by atoms with E-state index in [1.165, 1.54) is 25.3 Å². The number of hydrogen-bond acceptors (Lipinski definition) is 21. The lowest BCUT2D eigenvalue weighted by Crippen LogP contribution is -2.50. The van der Waals surface area contributed by atoms with Gasteiger partial charge in [0.05, 0.1) is 84.6 Å². The van der Waals surface area contributed by atoms with E-state index in [4.69, 9.17) is 44.0 Å². The van der Waals surface area contributed by atoms with Crippen LogP contribution in [0, 0.1) is 0 Å². The largest absolute Gasteiger partial charge is 0.477 e. The number of nitrogen functional groups attached to an aromatic ring is 2. The van der Waals surface area contributed by atoms with Gasteiger partial charge in [-0.15, -0.1) is 0 Å². The number of ketones is 2. The number of hydrogen-bond donors (Lipinski definition) is 6. The molecule has 3 fully saturated rings. The monoisotopic (exact) mass is 1400 g/mol. The Labute approximate surface area is 599 Å². The average molecular weight is 1410 g/mol. The van der Waals surface area contributed by atoms with Crippen molar-refractivity contribution in [3.8, 4) is 33.4 Å². The van der Waals surface area contributed by atoms with Gasteiger partial charge < -0.3 is 69.0 Å². The molecular formula is C78H92N12O13. The molecule has 6 aromatic heterocycles. The van der Waals surface area contributed by atoms with Crippen molar-refractivity contribution in [2.24, 2.45) is 0 Å². The minimum absolute atomic E-state index is 0.0242. The van der Waals surface area contributed by atoms with E-state index in [-0.39, 0.29) is 36.2 Å². The lowest BCUT2D eigenvalue weighted by Gasteiger charge is -2.36. The number of nitrogens with two attached hydrogens (primary N) is 2. The van der Waals surface area contributed by atoms with E-state index < -0.39 is 35.0 Å². The number of anilines is 7. The van der Waals surface area contributed by atoms with Crippen molar-refractivity contribution >= 4 is 75.6 Å². The summed E-state index contributed by atoms with van der Waals surface area (Å²) < 4.78 is 31.3. The van der Waals surface area contributed by atoms with E-state index in [0.29, 0.717) is 65.9 Å². The zero-order valence-electron chi connectivity index (χ0n) is 59.8. The van der Waals surface area contributed by atoms with E-state index in [9.17, 15) is 28.8 Å². The maximum atomic E-state index is 13.1. The number of benzene rings is 3. The average Bonchev–Trinajstić information content (AvgIpc) is 1.73. The number of furan rings is 3. The van der Waals surface area contributed by atoms with Gasteiger partial charge in [0, 0.05) is 106 Å². The smallest absolute Gasteiger partial charge is 0.412 e. The fraction of sp³-hybridized carbons (Fsp3) is 0.346. The van der Waals surface area contributed by atoms with Crippen LogP contribution in [0.3, 0.4) is 0 Å². The molecule has 25 heteroatoms. The number of amides is 3. The van der Waals surface area contributed by atoms with Gasteiger partial charge in [0.1, 0.15) is 33.9 Å². The molecule has 0 radical (unpaired) electrons. The molecular weight excluding hydrogens is 1310 g/mol. The second kappa shape index (κ2) is 34.7. The van der Waals surface area contributed by atoms with Crippen molar-refractivity contribution in [3.63, 3.8) is 0 Å². The quantitative estimate of drug-likeness (QED) is 0.0315. The summed E-state index contributed by atoms with van der Waals surface area (Å²) in [4.78, 5) is 93.7. The highest BCUT2D eigenvalue weighted by Gasteiger charge is 2.27. The fourth-order valence-corrected chi connectivity index (χ4v) is 11.2. The molecule has 542 valence electrons. The van der Waals surface area contributed by atoms with Crippen molar-refractivity contribution in [2.45, 2.75) is 111 Å². The molecule has 103 heavy (non-hydrogen) atoms. The third-order valence-corrected chi connectivity index (χ3v) is 16.4. The molecule has 12 rings (SSSR count). The van der Waals surface area contributed by atoms with Crippen LogP contribution in [0.2, 0.25) is 0 Å². The molecule has 3 aliphatic heterocycles. The van der Waals surface area contributed by atoms with Crippen LogP contribution < -0.4 is 42.1 Å². The first-order valence-electron chi connectivity index (χ1n) is 34.2. The molecule has 3 aliphatic rings. The van der Waals surface area contributed by atoms with Crippen LogP contribution in [-0.2, 0) is 27.1 Å². The van der Waals surface area contributed by atoms with Crippen LogP contribution in [-0.4, -0.2) is 143 Å². The molecule has 0 unspecified atom stereocenters. The number of pyridine rings is 3. The van der Waals surface area contributed by atoms with Crippen molar-refractivity contribution in [3.05, 3.63) is 194 Å². The van der Waals surface area contributed by atoms with E-state index >= 15 is 0 Å². The highest BCUT2D eigenvalue weighted by atomic mass is 16.6. The minimum atomic E-state index is -1.04. The molecule has 9 heterocycles. The Morgan fingerprint density at radius 1 is 0.456 bits per heavy atom. The van der Waals surface area contributed by atoms with Gasteiger partial charge in [-0.05, 0) is 200 Å². The molecule has 0 bridgehead atoms. The maximum Gasteiger partial charge on any atom is 0.412 e. The first kappa shape index (κ1) is 75.7. The second-order valence-corrected chi connectivity index (χ2v) is 27.8. The normalized spacial score (nSPS) is 13.9. The second-order valence-electron chi connectivity index (χ2n) is 27.8. The van der Waals surface area contributed by atoms with Crippen molar-refractivity contribution < 1.29 is 61.3 Å². The first-order chi connectivity index (χ1) is 49.1. The number of rotatable bonds is 15. The van der Waals surface area contributed by atoms with Gasteiger partial charge in [-0.3, -0.25) is 30.2 Å². The summed E-state index contributed by atoms with van der Waals surface area (Å²) in [6, 6.07) is 32.9. The standard InChI is InChI=1S/C27H31N3O4.C21H22N4O2.C15H21N3O4.C15H18N2O3/c1-27(2,3)34-26(32)29-23-9-7-19(20-11-14-33-18-20)15-21(23)16-25(31)24-10-8-22(17-28-24)30-12-5-4-6-13-30;22-19-3-1-15(16-5-10-27-14-16)11-17(19)12-21(26)20-4-2-18(13-24-20)25-8-6-23-7-9-25;1-15(2,3)22-14(21)18-8-6-17(7-9-18)11-4-5-12(13(19)20)16-10-11;1-15(2,3)20-14(18)17-13-5-4-10(8-12(13)16)11-6-7-19-9-11/h7-11,14-15,17-18H,4-6,12-13,16H2,1-3H3,(H,29,32);1-5,10-11,13-14,23H,6-9,12,22H2;4-5,10H,6-9H2,1-3H3,(H,19,20);4-9H,16H2,1-3H3,(H,17,18). The van der Waals surface area contributed by atoms with Gasteiger partial charge >= 0.3 is 24.2 Å². The summed E-state index contributed by atoms with van der Waals surface area (Å²) in [7, 11) is 0. The molecule has 0 spiro atoms. The Morgan fingerprint density at radius 2 is 0.874 bits per heavy atom. The highest BCUT2D eigenvalue weighted by Crippen LogP contribution is 2.31. The molecule has 9 aromatic rings. The Hall–Kier alpha value is -11.5. The number of piperazine rings is 2. The predicted molar refractivity (Wildman–Crippen MR) is 398 cm³/mol. The zero-order chi connectivity index (χ0) is 73.8. The highest BCUT2D eigenvalue weighted by molar-refractivity contribution is 5.99. The summed E-state index contributed by atoms with van der Waals surface area (Å²) in [5.41, 5.74) is 23.4. The molecule has 25 nitrogen and oxygen atoms in total. The Morgan fingerprint density at radius 3 is 1.31 bits per heavy atom. The van der Waals surface area contributed by atoms with Gasteiger partial charge in [0.15, 0.2) is 11.6 Å². The van der Waals surface area contributed by atoms with E-state index in [1.54, 1.807) is 139 Å². The molecule has 3 saturated heterocycles. The van der Waals surface area contributed by atoms with E-state index in [1.807, 2.05) is 87.5 Å². The van der Waals surface area contributed by atoms with Gasteiger partial charge in [-0.2, -0.15) is 0 Å². The number of carbonyl (C=O) groups is 6. The van der Waals surface area contributed by atoms with Gasteiger partial charge in [0.2, 0.25) is 0 Å². The van der Waals surface area contributed by atoms with Crippen molar-refractivity contribution in [1.82, 2.24) is 25.2 Å². The molecule has 3 aromatic carbocycles. The Kier molecular flexibility index (Phi) is 25.5. The number of carboxylic acid groups (broad SMARTS) is 1. The van der Waals surface area contributed by atoms with Crippen LogP contribution >= 0.6 is 0 Å². The van der Waals surface area contributed by atoms with E-state index in [0.717, 1.165) is 95.3 Å². The molecule has 0 atom stereocenters. The third kappa shape index (κ3) is 23.0. The molecule has 0 saturated carbocycles. The van der Waals surface area contributed by atoms with E-state index in [2.05, 4.69) is 45.6 Å². The van der Waals surface area contributed by atoms with Crippen LogP contribution in [0.15, 0.2) is 179 Å². The van der Waals surface area contributed by atoms with Crippen LogP contribution in [0.25, 0.3) is 33.4 Å². The SMILES string of the molecule is CC(C)(C)OC(=O)N1CCN(c2ccc(C(=O)O)nc2)CC1.CC(C)(C)OC(=O)Nc1ccc(-c2ccoc2)cc1CC(=O)c1ccc(N2CCCCC2)cn1.CC(C)(C)OC(=O)Nc1ccc(-c2ccoc2)cc1N.Nc1ccc(-c2ccoc2)cc1CC(=O)c1ccc(N2CCNCC2)cn1. The fourth-order valence-electron chi connectivity index (χ4n) is 11.2. The van der Waals surface area contributed by atoms with Gasteiger partial charge in [0.25, 0.3) is 0 Å². The number of piperidine rings is 1. The Bertz CT molecular complexity index is 4260. The number of nitrogens with zero attached hydrogens (tertiary/aromatic N) is 7. The summed E-state index contributed by atoms with van der Waals surface area (Å²) >= 11 is 0. The zero-order valence-corrected chi connectivity index (χ0v) is 59.8. The molecule has 0 aliphatic carbocycles. The number of aromatic carboxylic acids is 1. The number of ether oxygens (including phenoxy) is 3. The van der Waals surface area contributed by atoms with Crippen LogP contribution in [0.5, 0.6) is 0 Å². The predicted octanol–water partition coefficient (Wildman–Crippen LogP) is 14.6. The lowest BCUT2D eigenvalue weighted by atomic mass is 9.99. The summed E-state index contributed by atoms with van der Waals surface area (Å²) in [5, 5.41) is 17.6. The number of Topliss-reactive ketones (excluding diaryl/α,β-unsaturated/α-hetero) is 2. The minimum Gasteiger partial charge on any atom is -0.477 e. The molecule has 3 amide bonds. The maximum absolute atomic E-state index is 13.1. The third-order valence-electron chi connectivity index (χ3n) is 16.4. The van der Waals surface area contributed by atoms with Crippen molar-refractivity contribution in [1.29, 1.82) is 0 Å². The summed E-state index contributed by atoms with van der Waals surface area (Å²) in [5.74, 6) is -1.21. The Balaban J connectivity index is 0.000000163.